The van der Waals surface area contributed by atoms with Gasteiger partial charge in [-0.3, -0.25) is 9.97 Å². The first-order valence-electron chi connectivity index (χ1n) is 16.8. The molecule has 0 spiro atoms. The summed E-state index contributed by atoms with van der Waals surface area (Å²) < 4.78 is 4.67. The van der Waals surface area contributed by atoms with Crippen LogP contribution in [0.4, 0.5) is 0 Å². The number of fused-ring (bicyclic) bond motifs is 6. The van der Waals surface area contributed by atoms with Crippen molar-refractivity contribution in [3.63, 3.8) is 0 Å². The molecule has 0 N–H and O–H groups in total. The van der Waals surface area contributed by atoms with E-state index in [0.717, 1.165) is 78.1 Å². The van der Waals surface area contributed by atoms with E-state index in [2.05, 4.69) is 148 Å². The number of hydrogen-bond donors (Lipinski definition) is 0. The summed E-state index contributed by atoms with van der Waals surface area (Å²) in [6, 6.07) is 57.6. The Kier molecular flexibility index (Phi) is 6.42. The zero-order valence-corrected chi connectivity index (χ0v) is 27.0. The zero-order chi connectivity index (χ0) is 33.0. The molecule has 0 amide bonds. The minimum absolute atomic E-state index is 0.830. The van der Waals surface area contributed by atoms with E-state index in [1.54, 1.807) is 0 Å². The van der Waals surface area contributed by atoms with Gasteiger partial charge in [-0.05, 0) is 83.9 Å². The number of aromatic nitrogens is 5. The minimum Gasteiger partial charge on any atom is -0.309 e. The second kappa shape index (κ2) is 11.4. The van der Waals surface area contributed by atoms with E-state index in [9.17, 15) is 0 Å². The maximum Gasteiger partial charge on any atom is 0.0963 e. The van der Waals surface area contributed by atoms with Crippen molar-refractivity contribution in [1.82, 2.24) is 24.1 Å². The van der Waals surface area contributed by atoms with Crippen LogP contribution in [0.1, 0.15) is 0 Å². The molecule has 234 valence electrons. The fraction of sp³-hybridized carbons (Fsp3) is 0. The first kappa shape index (κ1) is 28.2. The first-order valence-corrected chi connectivity index (χ1v) is 16.8. The van der Waals surface area contributed by atoms with Gasteiger partial charge < -0.3 is 9.13 Å². The highest BCUT2D eigenvalue weighted by Crippen LogP contribution is 2.38. The Labute approximate surface area is 288 Å². The van der Waals surface area contributed by atoms with Crippen LogP contribution < -0.4 is 0 Å². The standard InChI is InChI=1S/C45H29N5/c1-3-12-30(13-4-1)39-28-34(29-40(48-39)38-17-9-10-24-46-38)50-41-18-8-7-16-35(41)36-22-20-32(27-44(36)50)31-21-23-42-37(26-31)45-43(19-11-25-47-45)49(42)33-14-5-2-6-15-33/h1-29H. The van der Waals surface area contributed by atoms with Gasteiger partial charge in [-0.1, -0.05) is 91.0 Å². The van der Waals surface area contributed by atoms with E-state index in [1.807, 2.05) is 42.7 Å². The molecule has 50 heavy (non-hydrogen) atoms. The molecule has 0 radical (unpaired) electrons. The van der Waals surface area contributed by atoms with Crippen molar-refractivity contribution in [3.05, 3.63) is 176 Å². The summed E-state index contributed by atoms with van der Waals surface area (Å²) in [5.41, 5.74) is 13.6. The normalized spacial score (nSPS) is 11.6. The molecule has 5 nitrogen and oxygen atoms in total. The van der Waals surface area contributed by atoms with E-state index in [-0.39, 0.29) is 0 Å². The maximum absolute atomic E-state index is 5.10. The second-order valence-corrected chi connectivity index (χ2v) is 12.5. The van der Waals surface area contributed by atoms with E-state index < -0.39 is 0 Å². The molecule has 5 aromatic carbocycles. The number of benzene rings is 5. The lowest BCUT2D eigenvalue weighted by molar-refractivity contribution is 1.15. The van der Waals surface area contributed by atoms with Crippen LogP contribution in [-0.4, -0.2) is 24.1 Å². The van der Waals surface area contributed by atoms with Gasteiger partial charge in [-0.15, -0.1) is 0 Å². The van der Waals surface area contributed by atoms with Crippen LogP contribution in [0, 0.1) is 0 Å². The Hall–Kier alpha value is -6.85. The third-order valence-corrected chi connectivity index (χ3v) is 9.61. The van der Waals surface area contributed by atoms with Crippen molar-refractivity contribution in [1.29, 1.82) is 0 Å². The Morgan fingerprint density at radius 2 is 1.00 bits per heavy atom. The van der Waals surface area contributed by atoms with Crippen LogP contribution >= 0.6 is 0 Å². The van der Waals surface area contributed by atoms with E-state index in [0.29, 0.717) is 0 Å². The second-order valence-electron chi connectivity index (χ2n) is 12.5. The molecule has 0 saturated carbocycles. The van der Waals surface area contributed by atoms with Crippen LogP contribution in [0.25, 0.3) is 88.9 Å². The fourth-order valence-corrected chi connectivity index (χ4v) is 7.35. The predicted octanol–water partition coefficient (Wildman–Crippen LogP) is 11.1. The molecule has 5 heteroatoms. The monoisotopic (exact) mass is 639 g/mol. The summed E-state index contributed by atoms with van der Waals surface area (Å²) in [6.07, 6.45) is 3.70. The Balaban J connectivity index is 1.20. The average molecular weight is 640 g/mol. The summed E-state index contributed by atoms with van der Waals surface area (Å²) in [4.78, 5) is 14.6. The maximum atomic E-state index is 5.10. The third kappa shape index (κ3) is 4.52. The molecule has 5 aromatic heterocycles. The summed E-state index contributed by atoms with van der Waals surface area (Å²) in [6.45, 7) is 0. The number of pyridine rings is 3. The number of rotatable bonds is 5. The van der Waals surface area contributed by atoms with E-state index >= 15 is 0 Å². The SMILES string of the molecule is c1ccc(-c2cc(-n3c4ccccc4c4ccc(-c5ccc6c(c5)c5ncccc5n6-c5ccccc5)cc43)cc(-c3ccccn3)n2)cc1. The molecular formula is C45H29N5. The van der Waals surface area contributed by atoms with Crippen LogP contribution in [0.2, 0.25) is 0 Å². The van der Waals surface area contributed by atoms with Gasteiger partial charge in [0.25, 0.3) is 0 Å². The smallest absolute Gasteiger partial charge is 0.0963 e. The van der Waals surface area contributed by atoms with Crippen molar-refractivity contribution in [2.75, 3.05) is 0 Å². The van der Waals surface area contributed by atoms with Gasteiger partial charge in [0, 0.05) is 39.8 Å². The minimum atomic E-state index is 0.830. The van der Waals surface area contributed by atoms with Gasteiger partial charge in [0.2, 0.25) is 0 Å². The van der Waals surface area contributed by atoms with Gasteiger partial charge in [0.1, 0.15) is 0 Å². The van der Waals surface area contributed by atoms with Crippen molar-refractivity contribution < 1.29 is 0 Å². The summed E-state index contributed by atoms with van der Waals surface area (Å²) in [7, 11) is 0. The summed E-state index contributed by atoms with van der Waals surface area (Å²) in [5.74, 6) is 0. The Morgan fingerprint density at radius 3 is 1.86 bits per heavy atom. The van der Waals surface area contributed by atoms with Crippen molar-refractivity contribution in [3.8, 4) is 45.1 Å². The molecule has 0 aliphatic heterocycles. The van der Waals surface area contributed by atoms with Crippen LogP contribution in [0.15, 0.2) is 176 Å². The zero-order valence-electron chi connectivity index (χ0n) is 27.0. The van der Waals surface area contributed by atoms with Crippen molar-refractivity contribution >= 4 is 43.7 Å². The molecule has 0 fully saturated rings. The lowest BCUT2D eigenvalue weighted by Crippen LogP contribution is -1.99. The molecule has 5 heterocycles. The van der Waals surface area contributed by atoms with Crippen molar-refractivity contribution in [2.24, 2.45) is 0 Å². The van der Waals surface area contributed by atoms with Crippen LogP contribution in [0.5, 0.6) is 0 Å². The molecule has 0 aliphatic carbocycles. The van der Waals surface area contributed by atoms with Gasteiger partial charge in [-0.2, -0.15) is 0 Å². The molecular weight excluding hydrogens is 611 g/mol. The predicted molar refractivity (Wildman–Crippen MR) is 205 cm³/mol. The summed E-state index contributed by atoms with van der Waals surface area (Å²) >= 11 is 0. The van der Waals surface area contributed by atoms with Crippen molar-refractivity contribution in [2.45, 2.75) is 0 Å². The highest BCUT2D eigenvalue weighted by atomic mass is 15.0. The molecule has 0 unspecified atom stereocenters. The van der Waals surface area contributed by atoms with E-state index in [1.165, 1.54) is 10.8 Å². The highest BCUT2D eigenvalue weighted by molar-refractivity contribution is 6.11. The third-order valence-electron chi connectivity index (χ3n) is 9.61. The fourth-order valence-electron chi connectivity index (χ4n) is 7.35. The summed E-state index contributed by atoms with van der Waals surface area (Å²) in [5, 5.41) is 3.53. The highest BCUT2D eigenvalue weighted by Gasteiger charge is 2.18. The lowest BCUT2D eigenvalue weighted by atomic mass is 10.0. The lowest BCUT2D eigenvalue weighted by Gasteiger charge is -2.13. The van der Waals surface area contributed by atoms with Gasteiger partial charge in [0.05, 0.1) is 50.4 Å². The largest absolute Gasteiger partial charge is 0.309 e. The number of hydrogen-bond acceptors (Lipinski definition) is 3. The van der Waals surface area contributed by atoms with Gasteiger partial charge >= 0.3 is 0 Å². The molecule has 0 saturated heterocycles. The molecule has 10 aromatic rings. The molecule has 0 bridgehead atoms. The molecule has 0 aliphatic rings. The van der Waals surface area contributed by atoms with E-state index in [4.69, 9.17) is 9.97 Å². The van der Waals surface area contributed by atoms with Crippen LogP contribution in [-0.2, 0) is 0 Å². The Morgan fingerprint density at radius 1 is 0.340 bits per heavy atom. The average Bonchev–Trinajstić information content (AvgIpc) is 3.71. The van der Waals surface area contributed by atoms with Gasteiger partial charge in [-0.25, -0.2) is 4.98 Å². The van der Waals surface area contributed by atoms with Crippen LogP contribution in [0.3, 0.4) is 0 Å². The Bertz CT molecular complexity index is 2800. The molecule has 0 atom stereocenters. The number of nitrogens with zero attached hydrogens (tertiary/aromatic N) is 5. The molecule has 10 rings (SSSR count). The number of para-hydroxylation sites is 2. The quantitative estimate of drug-likeness (QED) is 0.188. The first-order chi connectivity index (χ1) is 24.8. The topological polar surface area (TPSA) is 48.5 Å². The van der Waals surface area contributed by atoms with Gasteiger partial charge in [0.15, 0.2) is 0 Å².